The van der Waals surface area contributed by atoms with Crippen LogP contribution in [0.4, 0.5) is 0 Å². The van der Waals surface area contributed by atoms with E-state index >= 15 is 0 Å². The molecule has 0 bridgehead atoms. The molecular weight excluding hydrogens is 328 g/mol. The number of phenolic OH excluding ortho intramolecular Hbond substituents is 1. The summed E-state index contributed by atoms with van der Waals surface area (Å²) in [4.78, 5) is 0. The number of hydrogen-bond donors (Lipinski definition) is 1. The molecular formula is C26H24O. The molecule has 3 aliphatic carbocycles. The third kappa shape index (κ3) is 1.19. The van der Waals surface area contributed by atoms with Crippen LogP contribution in [0.5, 0.6) is 5.75 Å². The minimum atomic E-state index is -0.153. The van der Waals surface area contributed by atoms with Crippen molar-refractivity contribution in [3.05, 3.63) is 100 Å². The highest BCUT2D eigenvalue weighted by molar-refractivity contribution is 5.76. The summed E-state index contributed by atoms with van der Waals surface area (Å²) in [5, 5.41) is 10.4. The first-order valence-electron chi connectivity index (χ1n) is 9.87. The second-order valence-corrected chi connectivity index (χ2v) is 9.32. The molecule has 0 radical (unpaired) electrons. The van der Waals surface area contributed by atoms with Gasteiger partial charge < -0.3 is 5.11 Å². The number of phenols is 1. The Morgan fingerprint density at radius 1 is 0.519 bits per heavy atom. The van der Waals surface area contributed by atoms with Crippen LogP contribution < -0.4 is 0 Å². The molecule has 3 aliphatic rings. The largest absolute Gasteiger partial charge is 0.508 e. The van der Waals surface area contributed by atoms with Gasteiger partial charge in [-0.25, -0.2) is 0 Å². The minimum Gasteiger partial charge on any atom is -0.508 e. The standard InChI is InChI=1S/C26H24O/c1-23-17-9-5-6-10-18(17)24(2)21-14-13-16(27)15-22(21)25(3,26(23,24)4)20-12-8-7-11-19(20)23/h5-15,27H,1-4H3/t23-,24+,25-,26+/m1/s1. The number of benzene rings is 3. The predicted octanol–water partition coefficient (Wildman–Crippen LogP) is 5.66. The molecule has 0 unspecified atom stereocenters. The molecule has 3 aromatic rings. The van der Waals surface area contributed by atoms with Gasteiger partial charge in [0.25, 0.3) is 0 Å². The third-order valence-electron chi connectivity index (χ3n) is 9.09. The topological polar surface area (TPSA) is 20.2 Å². The first kappa shape index (κ1) is 15.5. The first-order chi connectivity index (χ1) is 12.8. The Labute approximate surface area is 160 Å². The molecule has 0 aromatic heterocycles. The summed E-state index contributed by atoms with van der Waals surface area (Å²) in [6, 6.07) is 24.1. The molecule has 0 heterocycles. The molecule has 1 heteroatoms. The molecule has 1 N–H and O–H groups in total. The Kier molecular flexibility index (Phi) is 2.38. The Balaban J connectivity index is 1.92. The van der Waals surface area contributed by atoms with E-state index in [1.807, 2.05) is 12.1 Å². The van der Waals surface area contributed by atoms with Crippen molar-refractivity contribution in [1.82, 2.24) is 0 Å². The summed E-state index contributed by atoms with van der Waals surface area (Å²) < 4.78 is 0. The van der Waals surface area contributed by atoms with Gasteiger partial charge in [-0.3, -0.25) is 0 Å². The molecule has 0 fully saturated rings. The second kappa shape index (κ2) is 4.14. The molecule has 6 rings (SSSR count). The Hall–Kier alpha value is -2.54. The van der Waals surface area contributed by atoms with Gasteiger partial charge >= 0.3 is 0 Å². The molecule has 134 valence electrons. The maximum Gasteiger partial charge on any atom is 0.115 e. The summed E-state index contributed by atoms with van der Waals surface area (Å²) in [5.74, 6) is 0.363. The van der Waals surface area contributed by atoms with Crippen LogP contribution in [0.3, 0.4) is 0 Å². The van der Waals surface area contributed by atoms with Crippen LogP contribution in [0.1, 0.15) is 61.1 Å². The lowest BCUT2D eigenvalue weighted by Crippen LogP contribution is -2.51. The zero-order valence-corrected chi connectivity index (χ0v) is 16.3. The highest BCUT2D eigenvalue weighted by Crippen LogP contribution is 2.82. The lowest BCUT2D eigenvalue weighted by molar-refractivity contribution is 0.0997. The van der Waals surface area contributed by atoms with Crippen LogP contribution in [-0.4, -0.2) is 5.11 Å². The maximum absolute atomic E-state index is 10.4. The van der Waals surface area contributed by atoms with Crippen LogP contribution in [0.15, 0.2) is 66.7 Å². The van der Waals surface area contributed by atoms with Crippen LogP contribution in [-0.2, 0) is 16.2 Å². The van der Waals surface area contributed by atoms with Crippen molar-refractivity contribution in [3.8, 4) is 5.75 Å². The van der Waals surface area contributed by atoms with E-state index in [2.05, 4.69) is 82.3 Å². The van der Waals surface area contributed by atoms with Crippen molar-refractivity contribution in [3.63, 3.8) is 0 Å². The highest BCUT2D eigenvalue weighted by Gasteiger charge is 2.79. The van der Waals surface area contributed by atoms with Crippen LogP contribution in [0, 0.1) is 5.41 Å². The fourth-order valence-corrected chi connectivity index (χ4v) is 7.64. The Bertz CT molecular complexity index is 1150. The first-order valence-corrected chi connectivity index (χ1v) is 9.87. The predicted molar refractivity (Wildman–Crippen MR) is 108 cm³/mol. The van der Waals surface area contributed by atoms with Crippen molar-refractivity contribution in [2.24, 2.45) is 5.41 Å². The second-order valence-electron chi connectivity index (χ2n) is 9.32. The quantitative estimate of drug-likeness (QED) is 0.554. The molecule has 27 heavy (non-hydrogen) atoms. The molecule has 0 saturated heterocycles. The van der Waals surface area contributed by atoms with Crippen LogP contribution in [0.2, 0.25) is 0 Å². The van der Waals surface area contributed by atoms with E-state index in [1.165, 1.54) is 33.4 Å². The van der Waals surface area contributed by atoms with Gasteiger partial charge in [-0.1, -0.05) is 82.3 Å². The zero-order chi connectivity index (χ0) is 18.8. The minimum absolute atomic E-state index is 0.0451. The van der Waals surface area contributed by atoms with Gasteiger partial charge in [-0.15, -0.1) is 0 Å². The zero-order valence-electron chi connectivity index (χ0n) is 16.3. The Morgan fingerprint density at radius 2 is 0.889 bits per heavy atom. The molecule has 4 atom stereocenters. The van der Waals surface area contributed by atoms with Gasteiger partial charge in [0.05, 0.1) is 0 Å². The summed E-state index contributed by atoms with van der Waals surface area (Å²) in [7, 11) is 0. The fraction of sp³-hybridized carbons (Fsp3) is 0.308. The smallest absolute Gasteiger partial charge is 0.115 e. The molecule has 0 aliphatic heterocycles. The van der Waals surface area contributed by atoms with Crippen molar-refractivity contribution in [2.75, 3.05) is 0 Å². The number of hydrogen-bond acceptors (Lipinski definition) is 1. The van der Waals surface area contributed by atoms with E-state index in [0.717, 1.165) is 0 Å². The molecule has 0 amide bonds. The molecule has 1 nitrogen and oxygen atoms in total. The number of rotatable bonds is 0. The van der Waals surface area contributed by atoms with E-state index in [-0.39, 0.29) is 21.7 Å². The normalized spacial score (nSPS) is 36.9. The van der Waals surface area contributed by atoms with Gasteiger partial charge in [0.2, 0.25) is 0 Å². The van der Waals surface area contributed by atoms with Crippen molar-refractivity contribution >= 4 is 0 Å². The van der Waals surface area contributed by atoms with Gasteiger partial charge in [0.15, 0.2) is 0 Å². The molecule has 0 spiro atoms. The van der Waals surface area contributed by atoms with Crippen LogP contribution in [0.25, 0.3) is 0 Å². The average molecular weight is 352 g/mol. The van der Waals surface area contributed by atoms with Crippen molar-refractivity contribution in [1.29, 1.82) is 0 Å². The summed E-state index contributed by atoms with van der Waals surface area (Å²) in [6.07, 6.45) is 0. The van der Waals surface area contributed by atoms with Crippen LogP contribution >= 0.6 is 0 Å². The maximum atomic E-state index is 10.4. The highest BCUT2D eigenvalue weighted by atomic mass is 16.3. The molecule has 3 aromatic carbocycles. The lowest BCUT2D eigenvalue weighted by Gasteiger charge is -2.49. The summed E-state index contributed by atoms with van der Waals surface area (Å²) in [6.45, 7) is 9.79. The summed E-state index contributed by atoms with van der Waals surface area (Å²) >= 11 is 0. The fourth-order valence-electron chi connectivity index (χ4n) is 7.64. The van der Waals surface area contributed by atoms with E-state index in [0.29, 0.717) is 5.75 Å². The summed E-state index contributed by atoms with van der Waals surface area (Å²) in [5.41, 5.74) is 8.06. The van der Waals surface area contributed by atoms with Gasteiger partial charge in [-0.2, -0.15) is 0 Å². The SMILES string of the molecule is C[C@@]12c3ccccc3[C@@]3(C)c4ccc(O)cc4[C@@](C)(c4ccccc41)[C@@]23C. The van der Waals surface area contributed by atoms with E-state index in [9.17, 15) is 5.11 Å². The average Bonchev–Trinajstić information content (AvgIpc) is 3.04. The van der Waals surface area contributed by atoms with Gasteiger partial charge in [-0.05, 0) is 45.5 Å². The number of aromatic hydroxyl groups is 1. The lowest BCUT2D eigenvalue weighted by atomic mass is 9.52. The van der Waals surface area contributed by atoms with E-state index in [1.54, 1.807) is 0 Å². The number of fused-ring (bicyclic) bond motifs is 9. The van der Waals surface area contributed by atoms with Gasteiger partial charge in [0, 0.05) is 21.7 Å². The van der Waals surface area contributed by atoms with E-state index < -0.39 is 0 Å². The van der Waals surface area contributed by atoms with Crippen molar-refractivity contribution < 1.29 is 5.11 Å². The van der Waals surface area contributed by atoms with Gasteiger partial charge in [0.1, 0.15) is 5.75 Å². The third-order valence-corrected chi connectivity index (χ3v) is 9.09. The van der Waals surface area contributed by atoms with E-state index in [4.69, 9.17) is 0 Å². The molecule has 0 saturated carbocycles. The Morgan fingerprint density at radius 3 is 1.33 bits per heavy atom. The monoisotopic (exact) mass is 352 g/mol. The van der Waals surface area contributed by atoms with Crippen molar-refractivity contribution in [2.45, 2.75) is 43.9 Å².